The fraction of sp³-hybridized carbons (Fsp3) is 0.571. The molecule has 3 unspecified atom stereocenters. The zero-order valence-corrected chi connectivity index (χ0v) is 20.5. The smallest absolute Gasteiger partial charge is 0.312 e. The van der Waals surface area contributed by atoms with Gasteiger partial charge in [0.2, 0.25) is 0 Å². The van der Waals surface area contributed by atoms with Gasteiger partial charge in [-0.2, -0.15) is 5.26 Å². The first-order valence-electron chi connectivity index (χ1n) is 12.5. The van der Waals surface area contributed by atoms with Gasteiger partial charge in [0.05, 0.1) is 17.9 Å². The lowest BCUT2D eigenvalue weighted by atomic mass is 9.77. The lowest BCUT2D eigenvalue weighted by Crippen LogP contribution is -2.25. The highest BCUT2D eigenvalue weighted by Crippen LogP contribution is 2.33. The van der Waals surface area contributed by atoms with E-state index < -0.39 is 17.8 Å². The molecule has 0 saturated heterocycles. The number of rotatable bonds is 15. The van der Waals surface area contributed by atoms with Crippen molar-refractivity contribution in [1.29, 1.82) is 5.26 Å². The second-order valence-corrected chi connectivity index (χ2v) is 9.14. The normalized spacial score (nSPS) is 13.8. The molecule has 1 heterocycles. The summed E-state index contributed by atoms with van der Waals surface area (Å²) in [6, 6.07) is 9.56. The maximum Gasteiger partial charge on any atom is 0.312 e. The average molecular weight is 450 g/mol. The number of carbonyl (C=O) groups is 1. The van der Waals surface area contributed by atoms with E-state index in [2.05, 4.69) is 29.9 Å². The van der Waals surface area contributed by atoms with Gasteiger partial charge < -0.3 is 5.11 Å². The van der Waals surface area contributed by atoms with Crippen LogP contribution in [0.25, 0.3) is 11.4 Å². The Morgan fingerprint density at radius 3 is 2.12 bits per heavy atom. The minimum absolute atomic E-state index is 0.0213. The molecule has 0 aliphatic rings. The van der Waals surface area contributed by atoms with Gasteiger partial charge in [0.15, 0.2) is 5.82 Å². The Labute approximate surface area is 199 Å². The Hall–Kier alpha value is -2.74. The number of aryl methyl sites for hydroxylation is 1. The van der Waals surface area contributed by atoms with E-state index in [1.54, 1.807) is 12.1 Å². The van der Waals surface area contributed by atoms with E-state index in [0.717, 1.165) is 36.8 Å². The number of carboxylic acid groups (broad SMARTS) is 1. The molecule has 1 aromatic carbocycles. The summed E-state index contributed by atoms with van der Waals surface area (Å²) in [5.74, 6) is -1.70. The van der Waals surface area contributed by atoms with Crippen molar-refractivity contribution in [2.75, 3.05) is 0 Å². The number of carboxylic acids is 1. The van der Waals surface area contributed by atoms with Crippen LogP contribution >= 0.6 is 0 Å². The monoisotopic (exact) mass is 449 g/mol. The predicted molar refractivity (Wildman–Crippen MR) is 133 cm³/mol. The molecule has 0 saturated carbocycles. The highest BCUT2D eigenvalue weighted by molar-refractivity contribution is 5.77. The Morgan fingerprint density at radius 1 is 0.970 bits per heavy atom. The first-order chi connectivity index (χ1) is 16.0. The predicted octanol–water partition coefficient (Wildman–Crippen LogP) is 7.18. The van der Waals surface area contributed by atoms with Crippen molar-refractivity contribution in [2.45, 2.75) is 90.9 Å². The van der Waals surface area contributed by atoms with Gasteiger partial charge in [0.25, 0.3) is 0 Å². The summed E-state index contributed by atoms with van der Waals surface area (Å²) < 4.78 is 0. The molecule has 1 N–H and O–H groups in total. The molecule has 3 atom stereocenters. The number of unbranched alkanes of at least 4 members (excludes halogenated alkanes) is 6. The largest absolute Gasteiger partial charge is 0.481 e. The van der Waals surface area contributed by atoms with Gasteiger partial charge in [0.1, 0.15) is 0 Å². The number of hydrogen-bond acceptors (Lipinski definition) is 4. The lowest BCUT2D eigenvalue weighted by Gasteiger charge is -2.24. The number of hydrogen-bond donors (Lipinski definition) is 1. The Balaban J connectivity index is 1.99. The molecule has 0 aliphatic carbocycles. The molecule has 0 bridgehead atoms. The number of benzene rings is 1. The van der Waals surface area contributed by atoms with Crippen molar-refractivity contribution in [2.24, 2.45) is 11.8 Å². The van der Waals surface area contributed by atoms with Crippen molar-refractivity contribution in [1.82, 2.24) is 9.97 Å². The Bertz CT molecular complexity index is 872. The van der Waals surface area contributed by atoms with Crippen LogP contribution in [-0.2, 0) is 11.2 Å². The van der Waals surface area contributed by atoms with Crippen LogP contribution in [0.15, 0.2) is 36.7 Å². The summed E-state index contributed by atoms with van der Waals surface area (Å²) in [6.45, 7) is 6.25. The minimum Gasteiger partial charge on any atom is -0.481 e. The maximum atomic E-state index is 12.0. The summed E-state index contributed by atoms with van der Waals surface area (Å²) in [6.07, 6.45) is 15.5. The van der Waals surface area contributed by atoms with Crippen LogP contribution in [0.2, 0.25) is 0 Å². The molecule has 1 aromatic heterocycles. The van der Waals surface area contributed by atoms with Gasteiger partial charge >= 0.3 is 5.97 Å². The zero-order valence-electron chi connectivity index (χ0n) is 20.5. The molecule has 2 aromatic rings. The summed E-state index contributed by atoms with van der Waals surface area (Å²) in [5, 5.41) is 19.5. The third-order valence-corrected chi connectivity index (χ3v) is 6.43. The van der Waals surface area contributed by atoms with Gasteiger partial charge in [-0.3, -0.25) is 4.79 Å². The quantitative estimate of drug-likeness (QED) is 0.291. The molecule has 2 rings (SSSR count). The summed E-state index contributed by atoms with van der Waals surface area (Å²) in [4.78, 5) is 21.0. The van der Waals surface area contributed by atoms with E-state index in [1.165, 1.54) is 38.5 Å². The molecule has 0 aliphatic heterocycles. The van der Waals surface area contributed by atoms with E-state index in [4.69, 9.17) is 0 Å². The van der Waals surface area contributed by atoms with Crippen LogP contribution in [0.5, 0.6) is 0 Å². The molecular weight excluding hydrogens is 410 g/mol. The van der Waals surface area contributed by atoms with E-state index in [9.17, 15) is 15.2 Å². The van der Waals surface area contributed by atoms with E-state index >= 15 is 0 Å². The molecule has 5 heteroatoms. The van der Waals surface area contributed by atoms with Crippen LogP contribution < -0.4 is 0 Å². The van der Waals surface area contributed by atoms with Crippen molar-refractivity contribution in [3.63, 3.8) is 0 Å². The molecule has 178 valence electrons. The highest BCUT2D eigenvalue weighted by atomic mass is 16.4. The van der Waals surface area contributed by atoms with E-state index in [0.29, 0.717) is 11.4 Å². The number of aromatic nitrogens is 2. The van der Waals surface area contributed by atoms with Crippen LogP contribution in [0.1, 0.15) is 95.6 Å². The van der Waals surface area contributed by atoms with Gasteiger partial charge in [-0.05, 0) is 36.3 Å². The van der Waals surface area contributed by atoms with Crippen molar-refractivity contribution < 1.29 is 9.90 Å². The zero-order chi connectivity index (χ0) is 24.1. The lowest BCUT2D eigenvalue weighted by molar-refractivity contribution is -0.140. The number of nitrogens with zero attached hydrogens (tertiary/aromatic N) is 3. The standard InChI is InChI=1S/C28H39N3O2/c1-4-6-7-8-9-10-11-13-22-19-30-27(31-20-22)24-16-14-23(15-17-24)26(28(32)33)25(18-29)21(3)12-5-2/h14-17,19-21,25-26H,4-13H2,1-3H3,(H,32,33). The van der Waals surface area contributed by atoms with E-state index in [1.807, 2.05) is 31.5 Å². The highest BCUT2D eigenvalue weighted by Gasteiger charge is 2.33. The molecule has 0 radical (unpaired) electrons. The molecule has 5 nitrogen and oxygen atoms in total. The van der Waals surface area contributed by atoms with Gasteiger partial charge in [-0.15, -0.1) is 0 Å². The van der Waals surface area contributed by atoms with Crippen molar-refractivity contribution in [3.05, 3.63) is 47.8 Å². The van der Waals surface area contributed by atoms with Gasteiger partial charge in [-0.1, -0.05) is 90.0 Å². The first-order valence-corrected chi connectivity index (χ1v) is 12.5. The average Bonchev–Trinajstić information content (AvgIpc) is 2.82. The summed E-state index contributed by atoms with van der Waals surface area (Å²) in [7, 11) is 0. The second kappa shape index (κ2) is 14.4. The topological polar surface area (TPSA) is 86.9 Å². The van der Waals surface area contributed by atoms with Gasteiger partial charge in [0, 0.05) is 18.0 Å². The van der Waals surface area contributed by atoms with Crippen molar-refractivity contribution >= 4 is 5.97 Å². The number of aliphatic carboxylic acids is 1. The van der Waals surface area contributed by atoms with Crippen LogP contribution in [0.3, 0.4) is 0 Å². The van der Waals surface area contributed by atoms with Crippen LogP contribution in [0.4, 0.5) is 0 Å². The third-order valence-electron chi connectivity index (χ3n) is 6.43. The summed E-state index contributed by atoms with van der Waals surface area (Å²) >= 11 is 0. The fourth-order valence-electron chi connectivity index (χ4n) is 4.43. The molecular formula is C28H39N3O2. The maximum absolute atomic E-state index is 12.0. The first kappa shape index (κ1) is 26.5. The molecule has 0 fully saturated rings. The molecule has 0 amide bonds. The van der Waals surface area contributed by atoms with Crippen LogP contribution in [0, 0.1) is 23.2 Å². The molecule has 33 heavy (non-hydrogen) atoms. The second-order valence-electron chi connectivity index (χ2n) is 9.14. The minimum atomic E-state index is -0.955. The summed E-state index contributed by atoms with van der Waals surface area (Å²) in [5.41, 5.74) is 2.65. The SMILES string of the molecule is CCCCCCCCCc1cnc(-c2ccc(C(C(=O)O)C(C#N)C(C)CCC)cc2)nc1. The Morgan fingerprint density at radius 2 is 1.58 bits per heavy atom. The van der Waals surface area contributed by atoms with Gasteiger partial charge in [-0.25, -0.2) is 9.97 Å². The van der Waals surface area contributed by atoms with Crippen molar-refractivity contribution in [3.8, 4) is 17.5 Å². The van der Waals surface area contributed by atoms with E-state index in [-0.39, 0.29) is 5.92 Å². The fourth-order valence-corrected chi connectivity index (χ4v) is 4.43. The Kier molecular flexibility index (Phi) is 11.6. The molecule has 0 spiro atoms. The van der Waals surface area contributed by atoms with Crippen LogP contribution in [-0.4, -0.2) is 21.0 Å². The third kappa shape index (κ3) is 8.28. The number of nitriles is 1.